The van der Waals surface area contributed by atoms with E-state index in [1.807, 2.05) is 24.3 Å². The number of fused-ring (bicyclic) bond motifs is 2. The van der Waals surface area contributed by atoms with E-state index in [1.54, 1.807) is 12.1 Å². The minimum atomic E-state index is -0.416. The van der Waals surface area contributed by atoms with Crippen LogP contribution in [-0.4, -0.2) is 41.5 Å². The molecule has 0 saturated carbocycles. The molecule has 4 N–H and O–H groups in total. The van der Waals surface area contributed by atoms with Gasteiger partial charge in [0.2, 0.25) is 5.91 Å². The third kappa shape index (κ3) is 3.02. The van der Waals surface area contributed by atoms with Crippen LogP contribution in [0.5, 0.6) is 0 Å². The number of urea groups is 1. The Morgan fingerprint density at radius 3 is 2.79 bits per heavy atom. The van der Waals surface area contributed by atoms with Gasteiger partial charge in [-0.3, -0.25) is 9.69 Å². The smallest absolute Gasteiger partial charge is 0.328 e. The van der Waals surface area contributed by atoms with E-state index in [4.69, 9.17) is 0 Å². The number of aromatic amines is 1. The van der Waals surface area contributed by atoms with Gasteiger partial charge in [-0.1, -0.05) is 36.4 Å². The van der Waals surface area contributed by atoms with Gasteiger partial charge in [0.25, 0.3) is 0 Å². The molecule has 3 amide bonds. The van der Waals surface area contributed by atoms with E-state index in [0.717, 1.165) is 11.9 Å². The standard InChI is InChI=1S/C23H22N4O2/c1-27(23(29)26-16-6-3-2-4-7-16)22(28)15-10-18-17-8-5-9-19-21(17)14(12-24-19)11-20(18)25-13-15/h2-10,12,15,20,24-25H,11,13H2,1H3,(H,26,29)/p+1/t15-,20-/m1/s1. The Hall–Kier alpha value is -3.38. The lowest BCUT2D eigenvalue weighted by molar-refractivity contribution is -0.681. The average molecular weight is 387 g/mol. The number of carbonyl (C=O) groups excluding carboxylic acids is 2. The van der Waals surface area contributed by atoms with Crippen LogP contribution >= 0.6 is 0 Å². The van der Waals surface area contributed by atoms with Gasteiger partial charge < -0.3 is 15.6 Å². The number of imide groups is 1. The molecule has 146 valence electrons. The lowest BCUT2D eigenvalue weighted by Crippen LogP contribution is -2.93. The number of amides is 3. The fourth-order valence-corrected chi connectivity index (χ4v) is 4.47. The summed E-state index contributed by atoms with van der Waals surface area (Å²) in [7, 11) is 1.54. The Balaban J connectivity index is 1.40. The van der Waals surface area contributed by atoms with Crippen molar-refractivity contribution in [1.29, 1.82) is 0 Å². The summed E-state index contributed by atoms with van der Waals surface area (Å²) in [6, 6.07) is 15.3. The summed E-state index contributed by atoms with van der Waals surface area (Å²) < 4.78 is 0. The van der Waals surface area contributed by atoms with Gasteiger partial charge in [-0.2, -0.15) is 0 Å². The summed E-state index contributed by atoms with van der Waals surface area (Å²) in [5, 5.41) is 6.26. The molecule has 2 heterocycles. The fourth-order valence-electron chi connectivity index (χ4n) is 4.47. The molecule has 1 aliphatic carbocycles. The van der Waals surface area contributed by atoms with Crippen LogP contribution in [0.1, 0.15) is 11.1 Å². The molecule has 0 fully saturated rings. The van der Waals surface area contributed by atoms with Gasteiger partial charge in [-0.05, 0) is 29.3 Å². The number of rotatable bonds is 2. The number of nitrogens with zero attached hydrogens (tertiary/aromatic N) is 1. The predicted molar refractivity (Wildman–Crippen MR) is 112 cm³/mol. The summed E-state index contributed by atoms with van der Waals surface area (Å²) in [6.45, 7) is 0.645. The molecule has 2 atom stereocenters. The SMILES string of the molecule is CN(C(=O)Nc1ccccc1)C(=O)[C@@H]1C=C2c3cccc4[nH]cc(c34)C[C@H]2[NH2+]C1. The maximum Gasteiger partial charge on any atom is 0.328 e. The highest BCUT2D eigenvalue weighted by Gasteiger charge is 2.36. The second-order valence-corrected chi connectivity index (χ2v) is 7.75. The summed E-state index contributed by atoms with van der Waals surface area (Å²) >= 11 is 0. The summed E-state index contributed by atoms with van der Waals surface area (Å²) in [4.78, 5) is 30.1. The lowest BCUT2D eigenvalue weighted by Gasteiger charge is -2.31. The third-order valence-corrected chi connectivity index (χ3v) is 5.97. The molecule has 0 saturated heterocycles. The number of anilines is 1. The Labute approximate surface area is 168 Å². The number of aromatic nitrogens is 1. The number of quaternary nitrogens is 1. The molecule has 0 radical (unpaired) electrons. The average Bonchev–Trinajstić information content (AvgIpc) is 3.17. The van der Waals surface area contributed by atoms with Gasteiger partial charge in [0.15, 0.2) is 0 Å². The van der Waals surface area contributed by atoms with Crippen molar-refractivity contribution >= 4 is 34.1 Å². The Morgan fingerprint density at radius 1 is 1.14 bits per heavy atom. The molecule has 0 unspecified atom stereocenters. The molecule has 3 aromatic rings. The maximum atomic E-state index is 13.0. The largest absolute Gasteiger partial charge is 0.361 e. The fraction of sp³-hybridized carbons (Fsp3) is 0.217. The summed E-state index contributed by atoms with van der Waals surface area (Å²) in [5.41, 5.74) is 5.52. The first-order valence-electron chi connectivity index (χ1n) is 9.90. The molecular weight excluding hydrogens is 364 g/mol. The zero-order valence-corrected chi connectivity index (χ0v) is 16.2. The quantitative estimate of drug-likeness (QED) is 0.631. The van der Waals surface area contributed by atoms with Crippen molar-refractivity contribution in [3.63, 3.8) is 0 Å². The molecular formula is C23H23N4O2+. The van der Waals surface area contributed by atoms with Gasteiger partial charge in [0, 0.05) is 41.8 Å². The molecule has 1 aliphatic heterocycles. The van der Waals surface area contributed by atoms with Crippen LogP contribution in [0.2, 0.25) is 0 Å². The molecule has 29 heavy (non-hydrogen) atoms. The number of nitrogens with two attached hydrogens (primary N) is 1. The third-order valence-electron chi connectivity index (χ3n) is 5.97. The monoisotopic (exact) mass is 387 g/mol. The summed E-state index contributed by atoms with van der Waals surface area (Å²) in [5.74, 6) is -0.517. The first-order chi connectivity index (χ1) is 14.1. The number of para-hydroxylation sites is 1. The van der Waals surface area contributed by atoms with Crippen molar-refractivity contribution < 1.29 is 14.9 Å². The Kier molecular flexibility index (Phi) is 4.21. The van der Waals surface area contributed by atoms with Gasteiger partial charge >= 0.3 is 6.03 Å². The van der Waals surface area contributed by atoms with E-state index >= 15 is 0 Å². The zero-order valence-electron chi connectivity index (χ0n) is 16.2. The first-order valence-corrected chi connectivity index (χ1v) is 9.90. The van der Waals surface area contributed by atoms with Gasteiger partial charge in [0.05, 0.1) is 6.54 Å². The van der Waals surface area contributed by atoms with E-state index in [0.29, 0.717) is 18.3 Å². The van der Waals surface area contributed by atoms with Crippen LogP contribution in [0.3, 0.4) is 0 Å². The van der Waals surface area contributed by atoms with E-state index < -0.39 is 6.03 Å². The molecule has 5 rings (SSSR count). The highest BCUT2D eigenvalue weighted by Crippen LogP contribution is 2.36. The van der Waals surface area contributed by atoms with Crippen molar-refractivity contribution in [2.24, 2.45) is 5.92 Å². The molecule has 2 aromatic carbocycles. The van der Waals surface area contributed by atoms with Crippen LogP contribution in [0.25, 0.3) is 16.5 Å². The number of hydrogen-bond acceptors (Lipinski definition) is 2. The lowest BCUT2D eigenvalue weighted by atomic mass is 9.80. The van der Waals surface area contributed by atoms with E-state index in [1.165, 1.54) is 34.0 Å². The van der Waals surface area contributed by atoms with Crippen LogP contribution < -0.4 is 10.6 Å². The van der Waals surface area contributed by atoms with Crippen LogP contribution in [0, 0.1) is 5.92 Å². The minimum Gasteiger partial charge on any atom is -0.361 e. The molecule has 6 heteroatoms. The summed E-state index contributed by atoms with van der Waals surface area (Å²) in [6.07, 6.45) is 5.12. The highest BCUT2D eigenvalue weighted by molar-refractivity contribution is 6.03. The second kappa shape index (κ2) is 6.90. The molecule has 1 aromatic heterocycles. The van der Waals surface area contributed by atoms with E-state index in [2.05, 4.69) is 40.0 Å². The topological polar surface area (TPSA) is 81.8 Å². The highest BCUT2D eigenvalue weighted by atomic mass is 16.2. The zero-order chi connectivity index (χ0) is 20.0. The van der Waals surface area contributed by atoms with Gasteiger partial charge in [-0.25, -0.2) is 4.79 Å². The predicted octanol–water partition coefficient (Wildman–Crippen LogP) is 2.36. The van der Waals surface area contributed by atoms with E-state index in [-0.39, 0.29) is 11.8 Å². The Bertz CT molecular complexity index is 1130. The Morgan fingerprint density at radius 2 is 1.97 bits per heavy atom. The van der Waals surface area contributed by atoms with Crippen molar-refractivity contribution in [2.75, 3.05) is 18.9 Å². The van der Waals surface area contributed by atoms with Crippen molar-refractivity contribution in [3.8, 4) is 0 Å². The number of benzene rings is 2. The molecule has 0 bridgehead atoms. The van der Waals surface area contributed by atoms with Gasteiger partial charge in [-0.15, -0.1) is 0 Å². The van der Waals surface area contributed by atoms with Crippen molar-refractivity contribution in [3.05, 3.63) is 71.9 Å². The normalized spacial score (nSPS) is 20.0. The number of H-pyrrole nitrogens is 1. The van der Waals surface area contributed by atoms with Crippen LogP contribution in [0.15, 0.2) is 60.8 Å². The first kappa shape index (κ1) is 17.7. The maximum absolute atomic E-state index is 13.0. The number of carbonyl (C=O) groups is 2. The second-order valence-electron chi connectivity index (χ2n) is 7.75. The van der Waals surface area contributed by atoms with Crippen molar-refractivity contribution in [2.45, 2.75) is 12.5 Å². The molecule has 6 nitrogen and oxygen atoms in total. The number of hydrogen-bond donors (Lipinski definition) is 3. The van der Waals surface area contributed by atoms with Gasteiger partial charge in [0.1, 0.15) is 12.0 Å². The molecule has 0 spiro atoms. The minimum absolute atomic E-state index is 0.187. The van der Waals surface area contributed by atoms with E-state index in [9.17, 15) is 9.59 Å². The van der Waals surface area contributed by atoms with Crippen molar-refractivity contribution in [1.82, 2.24) is 9.88 Å². The van der Waals surface area contributed by atoms with Crippen LogP contribution in [-0.2, 0) is 11.2 Å². The number of nitrogens with one attached hydrogen (secondary N) is 2. The van der Waals surface area contributed by atoms with Crippen LogP contribution in [0.4, 0.5) is 10.5 Å². The molecule has 2 aliphatic rings.